The van der Waals surface area contributed by atoms with Crippen LogP contribution >= 0.6 is 0 Å². The van der Waals surface area contributed by atoms with E-state index in [1.165, 1.54) is 19.1 Å². The van der Waals surface area contributed by atoms with E-state index in [9.17, 15) is 14.4 Å². The predicted octanol–water partition coefficient (Wildman–Crippen LogP) is -0.583. The molecule has 9 heteroatoms. The van der Waals surface area contributed by atoms with Crippen molar-refractivity contribution in [2.24, 2.45) is 0 Å². The predicted molar refractivity (Wildman–Crippen MR) is 86.0 cm³/mol. The lowest BCUT2D eigenvalue weighted by Gasteiger charge is -2.35. The molecule has 118 valence electrons. The summed E-state index contributed by atoms with van der Waals surface area (Å²) in [4.78, 5) is 40.8. The van der Waals surface area contributed by atoms with Gasteiger partial charge in [0.1, 0.15) is 13.7 Å². The van der Waals surface area contributed by atoms with Crippen molar-refractivity contribution in [3.63, 3.8) is 0 Å². The Bertz CT molecular complexity index is 1010. The van der Waals surface area contributed by atoms with Gasteiger partial charge in [-0.05, 0) is 25.5 Å². The highest BCUT2D eigenvalue weighted by Crippen LogP contribution is 2.25. The minimum absolute atomic E-state index is 0.00894. The number of nitrogens with zero attached hydrogens (tertiary/aromatic N) is 3. The molecule has 2 heterocycles. The van der Waals surface area contributed by atoms with E-state index in [1.54, 1.807) is 0 Å². The molecule has 1 saturated heterocycles. The number of hydrogen-bond donors (Lipinski definition) is 2. The zero-order valence-corrected chi connectivity index (χ0v) is 12.8. The van der Waals surface area contributed by atoms with Crippen molar-refractivity contribution in [2.45, 2.75) is 25.2 Å². The summed E-state index contributed by atoms with van der Waals surface area (Å²) in [5.74, 6) is -1.02. The number of nitrogen functional groups attached to an aromatic ring is 1. The molecule has 1 aromatic heterocycles. The van der Waals surface area contributed by atoms with Crippen LogP contribution in [-0.4, -0.2) is 29.2 Å². The van der Waals surface area contributed by atoms with Crippen LogP contribution in [0.1, 0.15) is 24.2 Å². The van der Waals surface area contributed by atoms with Crippen molar-refractivity contribution in [1.29, 1.82) is 5.26 Å². The zero-order chi connectivity index (χ0) is 17.6. The summed E-state index contributed by atoms with van der Waals surface area (Å²) in [5.41, 5.74) is 4.16. The molecule has 1 aliphatic heterocycles. The van der Waals surface area contributed by atoms with Crippen LogP contribution in [0.15, 0.2) is 16.9 Å². The lowest BCUT2D eigenvalue weighted by atomic mass is 9.71. The molecule has 8 nitrogen and oxygen atoms in total. The number of nitriles is 1. The van der Waals surface area contributed by atoms with Crippen LogP contribution in [0.3, 0.4) is 0 Å². The van der Waals surface area contributed by atoms with Crippen molar-refractivity contribution in [1.82, 2.24) is 14.9 Å². The topological polar surface area (TPSA) is 131 Å². The fraction of sp³-hybridized carbons (Fsp3) is 0.267. The number of carbonyl (C=O) groups excluding carboxylic acids is 2. The Hall–Kier alpha value is -3.15. The van der Waals surface area contributed by atoms with Gasteiger partial charge in [0.25, 0.3) is 5.56 Å². The molecule has 0 bridgehead atoms. The number of piperidine rings is 1. The van der Waals surface area contributed by atoms with Gasteiger partial charge in [0.05, 0.1) is 28.0 Å². The second-order valence-corrected chi connectivity index (χ2v) is 5.67. The van der Waals surface area contributed by atoms with Crippen LogP contribution in [0, 0.1) is 18.3 Å². The fourth-order valence-corrected chi connectivity index (χ4v) is 2.92. The zero-order valence-electron chi connectivity index (χ0n) is 12.8. The Morgan fingerprint density at radius 3 is 2.75 bits per heavy atom. The molecule has 2 aromatic rings. The number of rotatable bonds is 1. The van der Waals surface area contributed by atoms with Crippen molar-refractivity contribution in [3.05, 3.63) is 33.9 Å². The van der Waals surface area contributed by atoms with Crippen molar-refractivity contribution >= 4 is 36.3 Å². The number of amides is 2. The highest BCUT2D eigenvalue weighted by Gasteiger charge is 2.41. The number of hydrogen-bond acceptors (Lipinski definition) is 6. The minimum atomic E-state index is -1.73. The first-order valence-electron chi connectivity index (χ1n) is 7.14. The number of nitrogens with one attached hydrogen (secondary N) is 1. The number of nitrogens with two attached hydrogens (primary N) is 1. The molecule has 1 atom stereocenters. The monoisotopic (exact) mass is 321 g/mol. The van der Waals surface area contributed by atoms with E-state index in [2.05, 4.69) is 10.3 Å². The summed E-state index contributed by atoms with van der Waals surface area (Å²) < 4.78 is 1.06. The Balaban J connectivity index is 2.33. The minimum Gasteiger partial charge on any atom is -0.398 e. The van der Waals surface area contributed by atoms with Gasteiger partial charge < -0.3 is 5.73 Å². The Labute approximate surface area is 137 Å². The Morgan fingerprint density at radius 1 is 1.42 bits per heavy atom. The van der Waals surface area contributed by atoms with Gasteiger partial charge in [-0.2, -0.15) is 5.26 Å². The number of aromatic nitrogens is 2. The van der Waals surface area contributed by atoms with Gasteiger partial charge in [0.15, 0.2) is 0 Å². The number of benzene rings is 1. The summed E-state index contributed by atoms with van der Waals surface area (Å²) >= 11 is 0. The molecular weight excluding hydrogens is 309 g/mol. The molecule has 0 aliphatic carbocycles. The standard InChI is InChI=1S/C15H12BN5O3/c1-7-19-10-5-8(6-17)4-9(18)12(10)13(23)21(7)15(16)3-2-11(22)20-14(15)24/h4-5H,2-3,18H2,1H3,(H,20,22,24). The first kappa shape index (κ1) is 15.7. The van der Waals surface area contributed by atoms with Crippen LogP contribution < -0.4 is 16.6 Å². The average Bonchev–Trinajstić information content (AvgIpc) is 2.50. The number of anilines is 1. The van der Waals surface area contributed by atoms with Gasteiger partial charge in [-0.15, -0.1) is 0 Å². The first-order valence-corrected chi connectivity index (χ1v) is 7.14. The molecule has 1 unspecified atom stereocenters. The molecule has 0 saturated carbocycles. The summed E-state index contributed by atoms with van der Waals surface area (Å²) in [6.07, 6.45) is -0.0171. The first-order chi connectivity index (χ1) is 11.3. The maximum Gasteiger partial charge on any atom is 0.263 e. The summed E-state index contributed by atoms with van der Waals surface area (Å²) in [6.45, 7) is 1.52. The number of imide groups is 1. The third-order valence-corrected chi connectivity index (χ3v) is 4.08. The number of fused-ring (bicyclic) bond motifs is 1. The van der Waals surface area contributed by atoms with Gasteiger partial charge in [-0.3, -0.25) is 24.3 Å². The summed E-state index contributed by atoms with van der Waals surface area (Å²) in [5, 5.41) is 11.2. The maximum atomic E-state index is 12.9. The second kappa shape index (κ2) is 5.20. The van der Waals surface area contributed by atoms with E-state index in [-0.39, 0.29) is 40.8 Å². The molecule has 3 rings (SSSR count). The quantitative estimate of drug-likeness (QED) is 0.410. The van der Waals surface area contributed by atoms with E-state index in [0.29, 0.717) is 0 Å². The highest BCUT2D eigenvalue weighted by molar-refractivity contribution is 6.28. The molecule has 24 heavy (non-hydrogen) atoms. The van der Waals surface area contributed by atoms with E-state index < -0.39 is 22.8 Å². The SMILES string of the molecule is [B]C1(n2c(C)nc3cc(C#N)cc(N)c3c2=O)CCC(=O)NC1=O. The van der Waals surface area contributed by atoms with Gasteiger partial charge in [0.2, 0.25) is 11.8 Å². The van der Waals surface area contributed by atoms with Gasteiger partial charge in [-0.25, -0.2) is 4.98 Å². The van der Waals surface area contributed by atoms with Gasteiger partial charge in [-0.1, -0.05) is 0 Å². The van der Waals surface area contributed by atoms with Crippen LogP contribution in [0.4, 0.5) is 5.69 Å². The molecule has 1 aromatic carbocycles. The van der Waals surface area contributed by atoms with E-state index in [1.807, 2.05) is 6.07 Å². The lowest BCUT2D eigenvalue weighted by Crippen LogP contribution is -2.58. The van der Waals surface area contributed by atoms with Crippen LogP contribution in [0.2, 0.25) is 0 Å². The maximum absolute atomic E-state index is 12.9. The van der Waals surface area contributed by atoms with E-state index >= 15 is 0 Å². The molecular formula is C15H12BN5O3. The Kier molecular flexibility index (Phi) is 3.41. The molecule has 3 N–H and O–H groups in total. The van der Waals surface area contributed by atoms with Crippen molar-refractivity contribution < 1.29 is 9.59 Å². The average molecular weight is 321 g/mol. The Morgan fingerprint density at radius 2 is 2.12 bits per heavy atom. The molecule has 2 amide bonds. The summed E-state index contributed by atoms with van der Waals surface area (Å²) in [7, 11) is 6.15. The van der Waals surface area contributed by atoms with Gasteiger partial charge >= 0.3 is 0 Å². The van der Waals surface area contributed by atoms with Crippen LogP contribution in [0.5, 0.6) is 0 Å². The smallest absolute Gasteiger partial charge is 0.263 e. The van der Waals surface area contributed by atoms with Crippen LogP contribution in [-0.2, 0) is 15.0 Å². The third kappa shape index (κ3) is 2.15. The van der Waals surface area contributed by atoms with E-state index in [4.69, 9.17) is 18.8 Å². The number of carbonyl (C=O) groups is 2. The molecule has 1 aliphatic rings. The van der Waals surface area contributed by atoms with E-state index in [0.717, 1.165) is 4.57 Å². The molecule has 1 fully saturated rings. The molecule has 0 spiro atoms. The second-order valence-electron chi connectivity index (χ2n) is 5.67. The largest absolute Gasteiger partial charge is 0.398 e. The number of aryl methyl sites for hydroxylation is 1. The lowest BCUT2D eigenvalue weighted by molar-refractivity contribution is -0.137. The third-order valence-electron chi connectivity index (χ3n) is 4.08. The normalized spacial score (nSPS) is 20.7. The fourth-order valence-electron chi connectivity index (χ4n) is 2.92. The highest BCUT2D eigenvalue weighted by atomic mass is 16.2. The van der Waals surface area contributed by atoms with Gasteiger partial charge in [0, 0.05) is 12.1 Å². The van der Waals surface area contributed by atoms with Crippen LogP contribution in [0.25, 0.3) is 10.9 Å². The molecule has 2 radical (unpaired) electrons. The summed E-state index contributed by atoms with van der Waals surface area (Å²) in [6, 6.07) is 4.74. The van der Waals surface area contributed by atoms with Crippen molar-refractivity contribution in [3.8, 4) is 6.07 Å². The van der Waals surface area contributed by atoms with Crippen molar-refractivity contribution in [2.75, 3.05) is 5.73 Å².